The van der Waals surface area contributed by atoms with Crippen molar-refractivity contribution in [3.8, 4) is 5.75 Å². The fourth-order valence-electron chi connectivity index (χ4n) is 1.30. The third kappa shape index (κ3) is 4.63. The van der Waals surface area contributed by atoms with E-state index >= 15 is 0 Å². The molecule has 0 saturated heterocycles. The van der Waals surface area contributed by atoms with Gasteiger partial charge in [-0.3, -0.25) is 10.1 Å². The number of nitro benzene ring substituents is 1. The Kier molecular flexibility index (Phi) is 5.28. The van der Waals surface area contributed by atoms with Crippen LogP contribution in [0.4, 0.5) is 5.69 Å². The first-order valence-corrected chi connectivity index (χ1v) is 5.48. The summed E-state index contributed by atoms with van der Waals surface area (Å²) in [6.45, 7) is 2.02. The normalized spacial score (nSPS) is 11.0. The number of nitro groups is 1. The Morgan fingerprint density at radius 3 is 2.84 bits per heavy atom. The van der Waals surface area contributed by atoms with Crippen LogP contribution < -0.4 is 4.74 Å². The van der Waals surface area contributed by atoms with Gasteiger partial charge in [-0.1, -0.05) is 12.2 Å². The molecule has 0 spiro atoms. The molecule has 0 bridgehead atoms. The minimum absolute atomic E-state index is 0.107. The van der Waals surface area contributed by atoms with Gasteiger partial charge >= 0.3 is 11.7 Å². The van der Waals surface area contributed by atoms with Crippen molar-refractivity contribution in [3.05, 3.63) is 52.1 Å². The molecule has 0 radical (unpaired) electrons. The van der Waals surface area contributed by atoms with Gasteiger partial charge in [0, 0.05) is 12.1 Å². The minimum Gasteiger partial charge on any atom is -0.483 e. The van der Waals surface area contributed by atoms with Gasteiger partial charge in [-0.05, 0) is 30.7 Å². The fraction of sp³-hybridized carbons (Fsp3) is 0.154. The molecule has 0 atom stereocenters. The van der Waals surface area contributed by atoms with Crippen LogP contribution in [0, 0.1) is 10.1 Å². The molecule has 0 saturated carbocycles. The lowest BCUT2D eigenvalue weighted by Crippen LogP contribution is -1.98. The molecule has 0 unspecified atom stereocenters. The van der Waals surface area contributed by atoms with Crippen molar-refractivity contribution in [2.75, 3.05) is 6.61 Å². The molecule has 1 N–H and O–H groups in total. The van der Waals surface area contributed by atoms with Crippen molar-refractivity contribution in [1.29, 1.82) is 0 Å². The summed E-state index contributed by atoms with van der Waals surface area (Å²) in [7, 11) is 0. The van der Waals surface area contributed by atoms with Crippen LogP contribution >= 0.6 is 0 Å². The molecule has 0 heterocycles. The van der Waals surface area contributed by atoms with Gasteiger partial charge in [0.15, 0.2) is 5.75 Å². The molecule has 0 aliphatic carbocycles. The highest BCUT2D eigenvalue weighted by molar-refractivity contribution is 5.85. The van der Waals surface area contributed by atoms with Crippen molar-refractivity contribution in [1.82, 2.24) is 0 Å². The first-order chi connectivity index (χ1) is 9.04. The zero-order valence-corrected chi connectivity index (χ0v) is 10.3. The highest BCUT2D eigenvalue weighted by atomic mass is 16.6. The van der Waals surface area contributed by atoms with E-state index in [0.717, 1.165) is 6.08 Å². The molecule has 1 rings (SSSR count). The molecular weight excluding hydrogens is 250 g/mol. The molecule has 100 valence electrons. The third-order valence-electron chi connectivity index (χ3n) is 2.17. The van der Waals surface area contributed by atoms with Crippen molar-refractivity contribution >= 4 is 17.7 Å². The Balaban J connectivity index is 3.03. The Labute approximate surface area is 109 Å². The lowest BCUT2D eigenvalue weighted by molar-refractivity contribution is -0.385. The first kappa shape index (κ1) is 14.4. The molecule has 1 aromatic rings. The predicted octanol–water partition coefficient (Wildman–Crippen LogP) is 2.65. The standard InChI is InChI=1S/C13H13NO5/c1-2-3-8-19-12-9-10(5-7-13(15)16)4-6-11(12)14(17)18/h2-7,9H,8H2,1H3,(H,15,16)/b3-2+,7-5+. The monoisotopic (exact) mass is 263 g/mol. The van der Waals surface area contributed by atoms with E-state index in [1.54, 1.807) is 12.2 Å². The van der Waals surface area contributed by atoms with E-state index < -0.39 is 10.9 Å². The fourth-order valence-corrected chi connectivity index (χ4v) is 1.30. The molecule has 0 aromatic heterocycles. The summed E-state index contributed by atoms with van der Waals surface area (Å²) in [6, 6.07) is 4.17. The Bertz CT molecular complexity index is 534. The highest BCUT2D eigenvalue weighted by Crippen LogP contribution is 2.28. The van der Waals surface area contributed by atoms with E-state index in [1.165, 1.54) is 24.3 Å². The van der Waals surface area contributed by atoms with Crippen molar-refractivity contribution in [2.45, 2.75) is 6.92 Å². The van der Waals surface area contributed by atoms with Crippen LogP contribution in [0.2, 0.25) is 0 Å². The number of hydrogen-bond donors (Lipinski definition) is 1. The number of rotatable bonds is 6. The van der Waals surface area contributed by atoms with Crippen LogP contribution in [0.25, 0.3) is 6.08 Å². The minimum atomic E-state index is -1.09. The van der Waals surface area contributed by atoms with Gasteiger partial charge in [0.1, 0.15) is 6.61 Å². The van der Waals surface area contributed by atoms with Crippen LogP contribution in [0.3, 0.4) is 0 Å². The summed E-state index contributed by atoms with van der Waals surface area (Å²) in [5, 5.41) is 19.4. The highest BCUT2D eigenvalue weighted by Gasteiger charge is 2.14. The number of carboxylic acids is 1. The van der Waals surface area contributed by atoms with Crippen molar-refractivity contribution < 1.29 is 19.6 Å². The maximum atomic E-state index is 10.8. The second-order valence-electron chi connectivity index (χ2n) is 3.54. The second-order valence-corrected chi connectivity index (χ2v) is 3.54. The maximum Gasteiger partial charge on any atom is 0.328 e. The van der Waals surface area contributed by atoms with Crippen molar-refractivity contribution in [2.24, 2.45) is 0 Å². The number of hydrogen-bond acceptors (Lipinski definition) is 4. The summed E-state index contributed by atoms with van der Waals surface area (Å²) in [6.07, 6.45) is 5.77. The molecule has 1 aromatic carbocycles. The summed E-state index contributed by atoms with van der Waals surface area (Å²) in [4.78, 5) is 20.7. The first-order valence-electron chi connectivity index (χ1n) is 5.48. The predicted molar refractivity (Wildman–Crippen MR) is 70.1 cm³/mol. The lowest BCUT2D eigenvalue weighted by atomic mass is 10.1. The number of allylic oxidation sites excluding steroid dienone is 1. The molecule has 0 amide bonds. The Morgan fingerprint density at radius 1 is 1.53 bits per heavy atom. The summed E-state index contributed by atoms with van der Waals surface area (Å²) in [5.74, 6) is -0.981. The van der Waals surface area contributed by atoms with Gasteiger partial charge in [0.05, 0.1) is 4.92 Å². The smallest absolute Gasteiger partial charge is 0.328 e. The number of nitrogens with zero attached hydrogens (tertiary/aromatic N) is 1. The zero-order chi connectivity index (χ0) is 14.3. The lowest BCUT2D eigenvalue weighted by Gasteiger charge is -2.05. The summed E-state index contributed by atoms with van der Waals surface area (Å²) in [5.41, 5.74) is 0.362. The molecule has 0 aliphatic heterocycles. The molecule has 6 heteroatoms. The van der Waals surface area contributed by atoms with Gasteiger partial charge in [0.2, 0.25) is 0 Å². The average molecular weight is 263 g/mol. The van der Waals surface area contributed by atoms with E-state index in [2.05, 4.69) is 0 Å². The number of carbonyl (C=O) groups is 1. The summed E-state index contributed by atoms with van der Waals surface area (Å²) < 4.78 is 5.28. The molecule has 6 nitrogen and oxygen atoms in total. The maximum absolute atomic E-state index is 10.8. The van der Waals surface area contributed by atoms with E-state index in [0.29, 0.717) is 5.56 Å². The molecule has 0 aliphatic rings. The van der Waals surface area contributed by atoms with Gasteiger partial charge in [-0.2, -0.15) is 0 Å². The van der Waals surface area contributed by atoms with E-state index in [-0.39, 0.29) is 18.0 Å². The zero-order valence-electron chi connectivity index (χ0n) is 10.3. The largest absolute Gasteiger partial charge is 0.483 e. The topological polar surface area (TPSA) is 89.7 Å². The number of benzene rings is 1. The average Bonchev–Trinajstić information content (AvgIpc) is 2.36. The number of aliphatic carboxylic acids is 1. The van der Waals surface area contributed by atoms with E-state index in [1.807, 2.05) is 6.92 Å². The molecule has 0 fully saturated rings. The van der Waals surface area contributed by atoms with Gasteiger partial charge in [-0.15, -0.1) is 0 Å². The SMILES string of the molecule is C/C=C/COc1cc(/C=C/C(=O)O)ccc1[N+](=O)[O-]. The van der Waals surface area contributed by atoms with Crippen LogP contribution in [-0.4, -0.2) is 22.6 Å². The van der Waals surface area contributed by atoms with Crippen LogP contribution in [-0.2, 0) is 4.79 Å². The molecular formula is C13H13NO5. The molecule has 19 heavy (non-hydrogen) atoms. The van der Waals surface area contributed by atoms with Gasteiger partial charge in [-0.25, -0.2) is 4.79 Å². The van der Waals surface area contributed by atoms with Crippen LogP contribution in [0.5, 0.6) is 5.75 Å². The van der Waals surface area contributed by atoms with Crippen LogP contribution in [0.1, 0.15) is 12.5 Å². The third-order valence-corrected chi connectivity index (χ3v) is 2.17. The van der Waals surface area contributed by atoms with E-state index in [4.69, 9.17) is 9.84 Å². The Morgan fingerprint density at radius 2 is 2.26 bits per heavy atom. The second kappa shape index (κ2) is 6.95. The number of carboxylic acid groups (broad SMARTS) is 1. The van der Waals surface area contributed by atoms with Gasteiger partial charge in [0.25, 0.3) is 0 Å². The summed E-state index contributed by atoms with van der Waals surface area (Å²) >= 11 is 0. The van der Waals surface area contributed by atoms with Crippen molar-refractivity contribution in [3.63, 3.8) is 0 Å². The Hall–Kier alpha value is -2.63. The quantitative estimate of drug-likeness (QED) is 0.369. The van der Waals surface area contributed by atoms with Crippen LogP contribution in [0.15, 0.2) is 36.4 Å². The number of ether oxygens (including phenoxy) is 1. The van der Waals surface area contributed by atoms with E-state index in [9.17, 15) is 14.9 Å². The van der Waals surface area contributed by atoms with Gasteiger partial charge < -0.3 is 9.84 Å².